The van der Waals surface area contributed by atoms with E-state index in [4.69, 9.17) is 4.42 Å². The molecule has 0 N–H and O–H groups in total. The summed E-state index contributed by atoms with van der Waals surface area (Å²) in [5.41, 5.74) is 2.38. The second-order valence-corrected chi connectivity index (χ2v) is 8.73. The van der Waals surface area contributed by atoms with Crippen molar-refractivity contribution in [2.24, 2.45) is 0 Å². The minimum absolute atomic E-state index is 0.000842. The zero-order chi connectivity index (χ0) is 22.9. The molecular weight excluding hydrogens is 434 g/mol. The van der Waals surface area contributed by atoms with E-state index in [0.717, 1.165) is 33.7 Å². The molecule has 1 saturated heterocycles. The van der Waals surface area contributed by atoms with Crippen LogP contribution in [0.25, 0.3) is 28.2 Å². The predicted octanol–water partition coefficient (Wildman–Crippen LogP) is 6.54. The quantitative estimate of drug-likeness (QED) is 0.254. The Morgan fingerprint density at radius 3 is 2.48 bits per heavy atom. The smallest absolute Gasteiger partial charge is 0.293 e. The van der Waals surface area contributed by atoms with Crippen LogP contribution in [0.15, 0.2) is 88.2 Å². The Hall–Kier alpha value is -3.90. The van der Waals surface area contributed by atoms with Crippen LogP contribution in [0.1, 0.15) is 28.6 Å². The maximum atomic E-state index is 13.0. The van der Waals surface area contributed by atoms with Gasteiger partial charge < -0.3 is 4.42 Å². The van der Waals surface area contributed by atoms with E-state index in [-0.39, 0.29) is 23.5 Å². The highest BCUT2D eigenvalue weighted by atomic mass is 32.2. The number of amides is 2. The van der Waals surface area contributed by atoms with E-state index in [1.807, 2.05) is 54.6 Å². The number of thioether (sulfide) groups is 1. The van der Waals surface area contributed by atoms with E-state index in [1.165, 1.54) is 11.8 Å². The van der Waals surface area contributed by atoms with Crippen molar-refractivity contribution in [1.29, 1.82) is 0 Å². The van der Waals surface area contributed by atoms with Crippen molar-refractivity contribution in [2.45, 2.75) is 13.5 Å². The molecule has 0 bridgehead atoms. The first-order valence-corrected chi connectivity index (χ1v) is 11.2. The largest absolute Gasteiger partial charge is 0.457 e. The van der Waals surface area contributed by atoms with Gasteiger partial charge in [-0.1, -0.05) is 66.7 Å². The zero-order valence-corrected chi connectivity index (χ0v) is 18.6. The molecule has 162 valence electrons. The fourth-order valence-corrected chi connectivity index (χ4v) is 4.64. The summed E-state index contributed by atoms with van der Waals surface area (Å²) in [5.74, 6) is 0.769. The SMILES string of the molecule is CC(=O)c1ccc(-c2ccc(/C=C3\SC(=O)N(Cc4cccc5ccccc45)C3=O)o2)cc1. The van der Waals surface area contributed by atoms with Gasteiger partial charge in [0.25, 0.3) is 11.1 Å². The summed E-state index contributed by atoms with van der Waals surface area (Å²) in [7, 11) is 0. The molecular formula is C27H19NO4S. The van der Waals surface area contributed by atoms with Gasteiger partial charge >= 0.3 is 0 Å². The van der Waals surface area contributed by atoms with E-state index in [1.54, 1.807) is 30.3 Å². The summed E-state index contributed by atoms with van der Waals surface area (Å²) in [5, 5.41) is 1.79. The summed E-state index contributed by atoms with van der Waals surface area (Å²) in [4.78, 5) is 38.6. The molecule has 3 aromatic carbocycles. The first-order valence-electron chi connectivity index (χ1n) is 10.4. The fraction of sp³-hybridized carbons (Fsp3) is 0.0741. The summed E-state index contributed by atoms with van der Waals surface area (Å²) < 4.78 is 5.87. The molecule has 4 aromatic rings. The van der Waals surface area contributed by atoms with E-state index < -0.39 is 0 Å². The van der Waals surface area contributed by atoms with Gasteiger partial charge in [-0.2, -0.15) is 0 Å². The van der Waals surface area contributed by atoms with Crippen LogP contribution in [0.2, 0.25) is 0 Å². The number of hydrogen-bond acceptors (Lipinski definition) is 5. The van der Waals surface area contributed by atoms with Gasteiger partial charge in [0.1, 0.15) is 11.5 Å². The second-order valence-electron chi connectivity index (χ2n) is 7.74. The molecule has 5 nitrogen and oxygen atoms in total. The third kappa shape index (κ3) is 4.13. The van der Waals surface area contributed by atoms with Gasteiger partial charge in [-0.25, -0.2) is 0 Å². The number of nitrogens with zero attached hydrogens (tertiary/aromatic N) is 1. The van der Waals surface area contributed by atoms with Gasteiger partial charge in [-0.05, 0) is 47.2 Å². The molecule has 1 aliphatic rings. The van der Waals surface area contributed by atoms with Crippen LogP contribution in [0.3, 0.4) is 0 Å². The molecule has 2 heterocycles. The normalized spacial score (nSPS) is 15.1. The lowest BCUT2D eigenvalue weighted by molar-refractivity contribution is -0.123. The van der Waals surface area contributed by atoms with E-state index in [0.29, 0.717) is 22.0 Å². The third-order valence-electron chi connectivity index (χ3n) is 5.56. The Balaban J connectivity index is 1.37. The van der Waals surface area contributed by atoms with E-state index in [9.17, 15) is 14.4 Å². The predicted molar refractivity (Wildman–Crippen MR) is 130 cm³/mol. The van der Waals surface area contributed by atoms with Crippen molar-refractivity contribution >= 4 is 45.5 Å². The standard InChI is InChI=1S/C27H19NO4S/c1-17(29)18-9-11-20(12-10-18)24-14-13-22(32-24)15-25-26(30)28(27(31)33-25)16-21-7-4-6-19-5-2-3-8-23(19)21/h2-15H,16H2,1H3/b25-15-. The molecule has 33 heavy (non-hydrogen) atoms. The van der Waals surface area contributed by atoms with Crippen LogP contribution >= 0.6 is 11.8 Å². The number of carbonyl (C=O) groups excluding carboxylic acids is 3. The number of furan rings is 1. The fourth-order valence-electron chi connectivity index (χ4n) is 3.82. The molecule has 1 aromatic heterocycles. The number of Topliss-reactive ketones (excluding diaryl/α,β-unsaturated/α-hetero) is 1. The molecule has 0 radical (unpaired) electrons. The zero-order valence-electron chi connectivity index (χ0n) is 17.8. The average molecular weight is 454 g/mol. The number of fused-ring (bicyclic) bond motifs is 1. The first kappa shape index (κ1) is 21.0. The number of ketones is 1. The molecule has 2 amide bonds. The highest BCUT2D eigenvalue weighted by molar-refractivity contribution is 8.18. The maximum absolute atomic E-state index is 13.0. The highest BCUT2D eigenvalue weighted by Gasteiger charge is 2.35. The Kier molecular flexibility index (Phi) is 5.44. The van der Waals surface area contributed by atoms with Crippen molar-refractivity contribution in [2.75, 3.05) is 0 Å². The summed E-state index contributed by atoms with van der Waals surface area (Å²) in [6, 6.07) is 24.5. The van der Waals surface area contributed by atoms with Gasteiger partial charge in [0.15, 0.2) is 5.78 Å². The Morgan fingerprint density at radius 1 is 0.939 bits per heavy atom. The minimum atomic E-state index is -0.332. The van der Waals surface area contributed by atoms with Crippen molar-refractivity contribution in [3.63, 3.8) is 0 Å². The third-order valence-corrected chi connectivity index (χ3v) is 6.47. The summed E-state index contributed by atoms with van der Waals surface area (Å²) >= 11 is 0.913. The monoisotopic (exact) mass is 453 g/mol. The van der Waals surface area contributed by atoms with Gasteiger partial charge in [0, 0.05) is 17.2 Å². The van der Waals surface area contributed by atoms with Crippen molar-refractivity contribution in [3.05, 3.63) is 101 Å². The molecule has 1 aliphatic heterocycles. The number of hydrogen-bond donors (Lipinski definition) is 0. The molecule has 6 heteroatoms. The lowest BCUT2D eigenvalue weighted by Gasteiger charge is -2.14. The summed E-state index contributed by atoms with van der Waals surface area (Å²) in [6.07, 6.45) is 1.60. The van der Waals surface area contributed by atoms with Crippen LogP contribution in [0.5, 0.6) is 0 Å². The Bertz CT molecular complexity index is 1430. The van der Waals surface area contributed by atoms with Gasteiger partial charge in [-0.3, -0.25) is 19.3 Å². The van der Waals surface area contributed by atoms with Gasteiger partial charge in [0.05, 0.1) is 11.4 Å². The van der Waals surface area contributed by atoms with Gasteiger partial charge in [0.2, 0.25) is 0 Å². The average Bonchev–Trinajstić information content (AvgIpc) is 3.39. The van der Waals surface area contributed by atoms with Crippen molar-refractivity contribution in [1.82, 2.24) is 4.90 Å². The maximum Gasteiger partial charge on any atom is 0.293 e. The van der Waals surface area contributed by atoms with Crippen LogP contribution in [0.4, 0.5) is 4.79 Å². The Morgan fingerprint density at radius 2 is 1.70 bits per heavy atom. The van der Waals surface area contributed by atoms with E-state index >= 15 is 0 Å². The molecule has 0 saturated carbocycles. The van der Waals surface area contributed by atoms with Crippen LogP contribution in [-0.2, 0) is 11.3 Å². The number of benzene rings is 3. The van der Waals surface area contributed by atoms with E-state index in [2.05, 4.69) is 0 Å². The number of imide groups is 1. The summed E-state index contributed by atoms with van der Waals surface area (Å²) in [6.45, 7) is 1.74. The van der Waals surface area contributed by atoms with Crippen molar-refractivity contribution < 1.29 is 18.8 Å². The molecule has 1 fully saturated rings. The van der Waals surface area contributed by atoms with Crippen LogP contribution in [-0.4, -0.2) is 21.8 Å². The number of carbonyl (C=O) groups is 3. The van der Waals surface area contributed by atoms with Crippen molar-refractivity contribution in [3.8, 4) is 11.3 Å². The lowest BCUT2D eigenvalue weighted by Crippen LogP contribution is -2.27. The highest BCUT2D eigenvalue weighted by Crippen LogP contribution is 2.35. The topological polar surface area (TPSA) is 67.6 Å². The van der Waals surface area contributed by atoms with Gasteiger partial charge in [-0.15, -0.1) is 0 Å². The number of rotatable bonds is 5. The van der Waals surface area contributed by atoms with Crippen LogP contribution < -0.4 is 0 Å². The second kappa shape index (κ2) is 8.56. The minimum Gasteiger partial charge on any atom is -0.457 e. The Labute approximate surface area is 194 Å². The first-order chi connectivity index (χ1) is 16.0. The molecule has 0 atom stereocenters. The molecule has 0 spiro atoms. The van der Waals surface area contributed by atoms with Crippen LogP contribution in [0, 0.1) is 0 Å². The molecule has 5 rings (SSSR count). The molecule has 0 unspecified atom stereocenters. The lowest BCUT2D eigenvalue weighted by atomic mass is 10.0. The molecule has 0 aliphatic carbocycles.